The Hall–Kier alpha value is -3.58. The summed E-state index contributed by atoms with van der Waals surface area (Å²) in [6, 6.07) is 11.0. The number of nitrogens with zero attached hydrogens (tertiary/aromatic N) is 1. The second kappa shape index (κ2) is 12.4. The monoisotopic (exact) mass is 687 g/mol. The minimum atomic E-state index is -4.68. The maximum atomic E-state index is 14.1. The summed E-state index contributed by atoms with van der Waals surface area (Å²) < 4.78 is 78.0. The zero-order chi connectivity index (χ0) is 33.8. The number of hydrogen-bond acceptors (Lipinski definition) is 6. The quantitative estimate of drug-likeness (QED) is 0.184. The van der Waals surface area contributed by atoms with Gasteiger partial charge in [-0.1, -0.05) is 25.3 Å². The van der Waals surface area contributed by atoms with Gasteiger partial charge in [0.15, 0.2) is 0 Å². The molecule has 2 N–H and O–H groups in total. The van der Waals surface area contributed by atoms with Crippen LogP contribution in [0.5, 0.6) is 5.75 Å². The maximum Gasteiger partial charge on any atom is 0.390 e. The topological polar surface area (TPSA) is 119 Å². The fourth-order valence-electron chi connectivity index (χ4n) is 7.88. The van der Waals surface area contributed by atoms with Crippen molar-refractivity contribution in [1.29, 1.82) is 0 Å². The number of halogens is 3. The summed E-state index contributed by atoms with van der Waals surface area (Å²) in [4.78, 5) is 27.3. The number of amides is 2. The van der Waals surface area contributed by atoms with Crippen molar-refractivity contribution < 1.29 is 40.7 Å². The van der Waals surface area contributed by atoms with Crippen LogP contribution in [0.3, 0.4) is 0 Å². The number of rotatable bonds is 11. The lowest BCUT2D eigenvalue weighted by atomic mass is 9.81. The summed E-state index contributed by atoms with van der Waals surface area (Å²) in [5.41, 5.74) is 4.17. The first-order valence-electron chi connectivity index (χ1n) is 16.7. The van der Waals surface area contributed by atoms with Crippen molar-refractivity contribution in [3.63, 3.8) is 0 Å². The van der Waals surface area contributed by atoms with E-state index in [4.69, 9.17) is 9.47 Å². The molecule has 0 bridgehead atoms. The van der Waals surface area contributed by atoms with Gasteiger partial charge in [-0.15, -0.1) is 0 Å². The Labute approximate surface area is 277 Å². The molecule has 13 heteroatoms. The van der Waals surface area contributed by atoms with E-state index in [2.05, 4.69) is 9.88 Å². The van der Waals surface area contributed by atoms with Gasteiger partial charge >= 0.3 is 6.18 Å². The number of sulfonamides is 1. The van der Waals surface area contributed by atoms with Crippen molar-refractivity contribution in [1.82, 2.24) is 14.6 Å². The standard InChI is InChI=1S/C35H40F3N3O6S/c1-46-23-10-12-25-27(17-23)28-18-34(28,33(43)39-14-5-8-24-19-47-24)20-41-29-16-22(32(42)40-48(44,45)15-13-35(36,37)38)9-11-26(29)30(31(25)41)21-6-3-2-4-7-21/h9-12,16-17,21,24,28H,2-8,13-15,18-20H2,1H3,(H,39,43)(H,40,42). The number of alkyl halides is 3. The molecule has 3 heterocycles. The lowest BCUT2D eigenvalue weighted by Gasteiger charge is -2.24. The molecule has 3 atom stereocenters. The van der Waals surface area contributed by atoms with Crippen LogP contribution < -0.4 is 14.8 Å². The summed E-state index contributed by atoms with van der Waals surface area (Å²) in [6.07, 6.45) is 1.72. The van der Waals surface area contributed by atoms with Gasteiger partial charge in [-0.05, 0) is 79.5 Å². The molecule has 4 aliphatic rings. The van der Waals surface area contributed by atoms with E-state index in [1.54, 1.807) is 13.2 Å². The number of hydrogen-bond donors (Lipinski definition) is 2. The predicted octanol–water partition coefficient (Wildman–Crippen LogP) is 6.16. The molecular weight excluding hydrogens is 647 g/mol. The van der Waals surface area contributed by atoms with E-state index in [9.17, 15) is 31.2 Å². The number of nitrogens with one attached hydrogen (secondary N) is 2. The maximum absolute atomic E-state index is 14.1. The first-order valence-corrected chi connectivity index (χ1v) is 18.4. The van der Waals surface area contributed by atoms with E-state index < -0.39 is 39.7 Å². The lowest BCUT2D eigenvalue weighted by Crippen LogP contribution is -2.36. The highest BCUT2D eigenvalue weighted by Crippen LogP contribution is 2.65. The molecule has 1 saturated heterocycles. The third-order valence-electron chi connectivity index (χ3n) is 10.5. The summed E-state index contributed by atoms with van der Waals surface area (Å²) in [7, 11) is -2.91. The molecule has 48 heavy (non-hydrogen) atoms. The highest BCUT2D eigenvalue weighted by molar-refractivity contribution is 7.90. The molecular formula is C35H40F3N3O6S. The van der Waals surface area contributed by atoms with Gasteiger partial charge in [-0.3, -0.25) is 9.59 Å². The lowest BCUT2D eigenvalue weighted by molar-refractivity contribution is -0.130. The molecule has 3 aromatic rings. The third-order valence-corrected chi connectivity index (χ3v) is 11.8. The number of fused-ring (bicyclic) bond motifs is 7. The smallest absolute Gasteiger partial charge is 0.390 e. The summed E-state index contributed by atoms with van der Waals surface area (Å²) in [6.45, 7) is 1.67. The van der Waals surface area contributed by atoms with Crippen LogP contribution in [0.4, 0.5) is 13.2 Å². The van der Waals surface area contributed by atoms with Crippen molar-refractivity contribution in [2.75, 3.05) is 26.0 Å². The first-order chi connectivity index (χ1) is 22.9. The molecule has 3 unspecified atom stereocenters. The summed E-state index contributed by atoms with van der Waals surface area (Å²) in [5.74, 6) is -1.37. The largest absolute Gasteiger partial charge is 0.497 e. The van der Waals surface area contributed by atoms with Crippen LogP contribution >= 0.6 is 0 Å². The molecule has 2 saturated carbocycles. The Morgan fingerprint density at radius 3 is 2.58 bits per heavy atom. The van der Waals surface area contributed by atoms with Gasteiger partial charge in [0.25, 0.3) is 5.91 Å². The van der Waals surface area contributed by atoms with E-state index in [0.717, 1.165) is 79.3 Å². The third kappa shape index (κ3) is 6.43. The highest BCUT2D eigenvalue weighted by atomic mass is 32.2. The second-order valence-corrected chi connectivity index (χ2v) is 15.6. The number of methoxy groups -OCH3 is 1. The fourth-order valence-corrected chi connectivity index (χ4v) is 8.89. The molecule has 2 aromatic carbocycles. The molecule has 0 radical (unpaired) electrons. The van der Waals surface area contributed by atoms with Gasteiger partial charge in [-0.2, -0.15) is 13.2 Å². The summed E-state index contributed by atoms with van der Waals surface area (Å²) >= 11 is 0. The molecule has 3 fully saturated rings. The second-order valence-electron chi connectivity index (χ2n) is 13.8. The van der Waals surface area contributed by atoms with Crippen LogP contribution in [0.15, 0.2) is 36.4 Å². The van der Waals surface area contributed by atoms with Gasteiger partial charge in [0.1, 0.15) is 5.75 Å². The van der Waals surface area contributed by atoms with Crippen LogP contribution in [-0.2, 0) is 26.1 Å². The zero-order valence-electron chi connectivity index (χ0n) is 26.8. The van der Waals surface area contributed by atoms with Gasteiger partial charge in [0.05, 0.1) is 43.1 Å². The Morgan fingerprint density at radius 2 is 1.88 bits per heavy atom. The number of epoxide rings is 1. The van der Waals surface area contributed by atoms with Crippen molar-refractivity contribution >= 4 is 32.7 Å². The van der Waals surface area contributed by atoms with E-state index >= 15 is 0 Å². The Balaban J connectivity index is 1.32. The molecule has 7 rings (SSSR count). The fraction of sp³-hybridized carbons (Fsp3) is 0.543. The summed E-state index contributed by atoms with van der Waals surface area (Å²) in [5, 5.41) is 4.11. The van der Waals surface area contributed by atoms with Crippen molar-refractivity contribution in [3.05, 3.63) is 53.1 Å². The van der Waals surface area contributed by atoms with E-state index in [1.165, 1.54) is 6.07 Å². The Morgan fingerprint density at radius 1 is 1.10 bits per heavy atom. The SMILES string of the molecule is COc1ccc2c(c1)C1CC1(C(=O)NCCCC1CO1)Cn1c-2c(C2CCCCC2)c2ccc(C(=O)NS(=O)(=O)CCC(F)(F)F)cc21. The van der Waals surface area contributed by atoms with E-state index in [-0.39, 0.29) is 29.4 Å². The number of carbonyl (C=O) groups excluding carboxylic acids is 2. The van der Waals surface area contributed by atoms with Gasteiger partial charge < -0.3 is 19.4 Å². The highest BCUT2D eigenvalue weighted by Gasteiger charge is 2.62. The van der Waals surface area contributed by atoms with Crippen molar-refractivity contribution in [2.24, 2.45) is 5.41 Å². The average Bonchev–Trinajstić information content (AvgIpc) is 3.99. The van der Waals surface area contributed by atoms with Crippen LogP contribution in [0, 0.1) is 5.41 Å². The van der Waals surface area contributed by atoms with E-state index in [0.29, 0.717) is 30.8 Å². The minimum Gasteiger partial charge on any atom is -0.497 e. The normalized spacial score (nSPS) is 23.4. The zero-order valence-corrected chi connectivity index (χ0v) is 27.6. The van der Waals surface area contributed by atoms with Crippen LogP contribution in [0.2, 0.25) is 0 Å². The average molecular weight is 688 g/mol. The number of ether oxygens (including phenoxy) is 2. The molecule has 1 aromatic heterocycles. The Bertz CT molecular complexity index is 1860. The van der Waals surface area contributed by atoms with E-state index in [1.807, 2.05) is 29.0 Å². The van der Waals surface area contributed by atoms with Gasteiger partial charge in [-0.25, -0.2) is 13.1 Å². The minimum absolute atomic E-state index is 0.0147. The molecule has 2 aliphatic carbocycles. The van der Waals surface area contributed by atoms with Crippen LogP contribution in [0.25, 0.3) is 22.2 Å². The van der Waals surface area contributed by atoms with Crippen molar-refractivity contribution in [2.45, 2.75) is 88.4 Å². The number of benzene rings is 2. The number of aromatic nitrogens is 1. The van der Waals surface area contributed by atoms with Crippen molar-refractivity contribution in [3.8, 4) is 17.0 Å². The predicted molar refractivity (Wildman–Crippen MR) is 173 cm³/mol. The molecule has 2 amide bonds. The molecule has 9 nitrogen and oxygen atoms in total. The molecule has 258 valence electrons. The first kappa shape index (κ1) is 32.9. The Kier molecular flexibility index (Phi) is 8.50. The van der Waals surface area contributed by atoms with Gasteiger partial charge in [0, 0.05) is 41.0 Å². The number of carbonyl (C=O) groups is 2. The van der Waals surface area contributed by atoms with Gasteiger partial charge in [0.2, 0.25) is 15.9 Å². The molecule has 2 aliphatic heterocycles. The van der Waals surface area contributed by atoms with Crippen LogP contribution in [0.1, 0.15) is 91.1 Å². The van der Waals surface area contributed by atoms with Crippen LogP contribution in [-0.4, -0.2) is 63.1 Å². The molecule has 0 spiro atoms.